The molecule has 0 radical (unpaired) electrons. The molecule has 0 saturated carbocycles. The highest BCUT2D eigenvalue weighted by atomic mass is 16.5. The van der Waals surface area contributed by atoms with E-state index in [1.54, 1.807) is 10.9 Å². The van der Waals surface area contributed by atoms with Crippen LogP contribution in [0.15, 0.2) is 60.8 Å². The van der Waals surface area contributed by atoms with Crippen molar-refractivity contribution in [3.05, 3.63) is 71.9 Å². The van der Waals surface area contributed by atoms with Crippen molar-refractivity contribution in [2.75, 3.05) is 0 Å². The van der Waals surface area contributed by atoms with Gasteiger partial charge in [0.25, 0.3) is 5.91 Å². The highest BCUT2D eigenvalue weighted by molar-refractivity contribution is 6.00. The Morgan fingerprint density at radius 2 is 1.72 bits per heavy atom. The molecule has 148 valence electrons. The van der Waals surface area contributed by atoms with E-state index >= 15 is 0 Å². The number of imide groups is 1. The molecule has 0 aliphatic heterocycles. The van der Waals surface area contributed by atoms with Gasteiger partial charge in [0.05, 0.1) is 5.69 Å². The van der Waals surface area contributed by atoms with Crippen molar-refractivity contribution < 1.29 is 19.1 Å². The molecular formula is C21H20N4O4. The molecule has 29 heavy (non-hydrogen) atoms. The number of rotatable bonds is 5. The summed E-state index contributed by atoms with van der Waals surface area (Å²) >= 11 is 0. The van der Waals surface area contributed by atoms with Crippen LogP contribution in [-0.2, 0) is 9.53 Å². The van der Waals surface area contributed by atoms with E-state index < -0.39 is 24.0 Å². The standard InChI is InChI=1S/C21H20N4O4/c1-13-8-6-7-11-16(13)18-17(12-25(24-18)15-9-4-3-5-10-15)20(27)29-14(2)19(26)23-21(22)28/h3-12,14H,1-2H3,(H3,22,23,26,28)/t14-/m0/s1. The van der Waals surface area contributed by atoms with Crippen molar-refractivity contribution in [2.24, 2.45) is 5.73 Å². The zero-order valence-corrected chi connectivity index (χ0v) is 16.0. The highest BCUT2D eigenvalue weighted by Crippen LogP contribution is 2.27. The lowest BCUT2D eigenvalue weighted by atomic mass is 10.0. The van der Waals surface area contributed by atoms with Gasteiger partial charge in [0.15, 0.2) is 6.10 Å². The van der Waals surface area contributed by atoms with Gasteiger partial charge in [-0.3, -0.25) is 10.1 Å². The number of benzene rings is 2. The Morgan fingerprint density at radius 1 is 1.07 bits per heavy atom. The summed E-state index contributed by atoms with van der Waals surface area (Å²) in [4.78, 5) is 35.5. The van der Waals surface area contributed by atoms with Gasteiger partial charge < -0.3 is 10.5 Å². The quantitative estimate of drug-likeness (QED) is 0.648. The van der Waals surface area contributed by atoms with Gasteiger partial charge in [-0.2, -0.15) is 5.10 Å². The fraction of sp³-hybridized carbons (Fsp3) is 0.143. The first-order valence-electron chi connectivity index (χ1n) is 8.89. The number of amides is 3. The van der Waals surface area contributed by atoms with Gasteiger partial charge in [-0.25, -0.2) is 14.3 Å². The van der Waals surface area contributed by atoms with Crippen molar-refractivity contribution in [3.63, 3.8) is 0 Å². The molecule has 1 heterocycles. The van der Waals surface area contributed by atoms with E-state index in [9.17, 15) is 14.4 Å². The van der Waals surface area contributed by atoms with Crippen LogP contribution < -0.4 is 11.1 Å². The number of para-hydroxylation sites is 1. The molecule has 0 saturated heterocycles. The molecule has 3 N–H and O–H groups in total. The minimum Gasteiger partial charge on any atom is -0.449 e. The second kappa shape index (κ2) is 8.39. The number of hydrogen-bond donors (Lipinski definition) is 2. The van der Waals surface area contributed by atoms with Crippen LogP contribution in [-0.4, -0.2) is 33.8 Å². The maximum Gasteiger partial charge on any atom is 0.342 e. The van der Waals surface area contributed by atoms with Crippen molar-refractivity contribution >= 4 is 17.9 Å². The number of primary amides is 1. The maximum atomic E-state index is 12.8. The van der Waals surface area contributed by atoms with Crippen LogP contribution in [0, 0.1) is 6.92 Å². The number of carbonyl (C=O) groups excluding carboxylic acids is 3. The summed E-state index contributed by atoms with van der Waals surface area (Å²) in [5.41, 5.74) is 8.02. The molecule has 0 aliphatic rings. The molecule has 3 amide bonds. The topological polar surface area (TPSA) is 116 Å². The van der Waals surface area contributed by atoms with Crippen LogP contribution in [0.2, 0.25) is 0 Å². The summed E-state index contributed by atoms with van der Waals surface area (Å²) in [7, 11) is 0. The van der Waals surface area contributed by atoms with E-state index in [0.29, 0.717) is 5.69 Å². The van der Waals surface area contributed by atoms with E-state index in [4.69, 9.17) is 10.5 Å². The first-order chi connectivity index (χ1) is 13.9. The Kier molecular flexibility index (Phi) is 5.73. The predicted octanol–water partition coefficient (Wildman–Crippen LogP) is 2.59. The number of nitrogens with two attached hydrogens (primary N) is 1. The lowest BCUT2D eigenvalue weighted by molar-refractivity contribution is -0.127. The largest absolute Gasteiger partial charge is 0.449 e. The minimum absolute atomic E-state index is 0.196. The van der Waals surface area contributed by atoms with Crippen molar-refractivity contribution in [2.45, 2.75) is 20.0 Å². The molecule has 3 aromatic rings. The zero-order chi connectivity index (χ0) is 21.0. The van der Waals surface area contributed by atoms with E-state index in [2.05, 4.69) is 5.10 Å². The van der Waals surface area contributed by atoms with E-state index in [0.717, 1.165) is 16.8 Å². The third-order valence-corrected chi connectivity index (χ3v) is 4.25. The van der Waals surface area contributed by atoms with Gasteiger partial charge in [-0.05, 0) is 31.5 Å². The number of nitrogens with zero attached hydrogens (tertiary/aromatic N) is 2. The van der Waals surface area contributed by atoms with Gasteiger partial charge in [0.2, 0.25) is 0 Å². The fourth-order valence-corrected chi connectivity index (χ4v) is 2.77. The van der Waals surface area contributed by atoms with E-state index in [1.807, 2.05) is 66.8 Å². The Bertz CT molecular complexity index is 1060. The molecule has 2 aromatic carbocycles. The van der Waals surface area contributed by atoms with Crippen LogP contribution in [0.5, 0.6) is 0 Å². The summed E-state index contributed by atoms with van der Waals surface area (Å²) < 4.78 is 6.81. The third-order valence-electron chi connectivity index (χ3n) is 4.25. The lowest BCUT2D eigenvalue weighted by Crippen LogP contribution is -2.42. The first-order valence-corrected chi connectivity index (χ1v) is 8.89. The number of esters is 1. The van der Waals surface area contributed by atoms with Crippen LogP contribution in [0.3, 0.4) is 0 Å². The molecule has 0 unspecified atom stereocenters. The fourth-order valence-electron chi connectivity index (χ4n) is 2.77. The Balaban J connectivity index is 1.99. The molecule has 3 rings (SSSR count). The summed E-state index contributed by atoms with van der Waals surface area (Å²) in [6.07, 6.45) is 0.345. The van der Waals surface area contributed by atoms with E-state index in [1.165, 1.54) is 6.92 Å². The van der Waals surface area contributed by atoms with Gasteiger partial charge in [0.1, 0.15) is 11.3 Å². The van der Waals surface area contributed by atoms with Gasteiger partial charge >= 0.3 is 12.0 Å². The maximum absolute atomic E-state index is 12.8. The second-order valence-corrected chi connectivity index (χ2v) is 6.39. The Morgan fingerprint density at radius 3 is 2.38 bits per heavy atom. The summed E-state index contributed by atoms with van der Waals surface area (Å²) in [6, 6.07) is 15.8. The zero-order valence-electron chi connectivity index (χ0n) is 16.0. The SMILES string of the molecule is Cc1ccccc1-c1nn(-c2ccccc2)cc1C(=O)O[C@@H](C)C(=O)NC(N)=O. The normalized spacial score (nSPS) is 11.5. The van der Waals surface area contributed by atoms with Crippen LogP contribution in [0.4, 0.5) is 4.79 Å². The predicted molar refractivity (Wildman–Crippen MR) is 106 cm³/mol. The van der Waals surface area contributed by atoms with Gasteiger partial charge in [-0.15, -0.1) is 0 Å². The Labute approximate surface area is 167 Å². The molecular weight excluding hydrogens is 372 g/mol. The van der Waals surface area contributed by atoms with Gasteiger partial charge in [0, 0.05) is 11.8 Å². The van der Waals surface area contributed by atoms with Crippen LogP contribution in [0.25, 0.3) is 16.9 Å². The molecule has 1 aromatic heterocycles. The minimum atomic E-state index is -1.21. The number of hydrogen-bond acceptors (Lipinski definition) is 5. The lowest BCUT2D eigenvalue weighted by Gasteiger charge is -2.12. The molecule has 0 bridgehead atoms. The van der Waals surface area contributed by atoms with Crippen LogP contribution in [0.1, 0.15) is 22.8 Å². The number of carbonyl (C=O) groups is 3. The Hall–Kier alpha value is -3.94. The molecule has 8 nitrogen and oxygen atoms in total. The summed E-state index contributed by atoms with van der Waals surface area (Å²) in [6.45, 7) is 3.26. The number of urea groups is 1. The number of ether oxygens (including phenoxy) is 1. The monoisotopic (exact) mass is 392 g/mol. The number of aryl methyl sites for hydroxylation is 1. The average Bonchev–Trinajstić information content (AvgIpc) is 3.14. The van der Waals surface area contributed by atoms with Crippen molar-refractivity contribution in [3.8, 4) is 16.9 Å². The van der Waals surface area contributed by atoms with Gasteiger partial charge in [-0.1, -0.05) is 42.5 Å². The first kappa shape index (κ1) is 19.8. The third kappa shape index (κ3) is 4.49. The average molecular weight is 392 g/mol. The molecule has 0 aliphatic carbocycles. The highest BCUT2D eigenvalue weighted by Gasteiger charge is 2.25. The van der Waals surface area contributed by atoms with Crippen molar-refractivity contribution in [1.29, 1.82) is 0 Å². The smallest absolute Gasteiger partial charge is 0.342 e. The summed E-state index contributed by atoms with van der Waals surface area (Å²) in [5.74, 6) is -1.55. The molecule has 8 heteroatoms. The second-order valence-electron chi connectivity index (χ2n) is 6.39. The molecule has 1 atom stereocenters. The van der Waals surface area contributed by atoms with E-state index in [-0.39, 0.29) is 5.56 Å². The van der Waals surface area contributed by atoms with Crippen LogP contribution >= 0.6 is 0 Å². The summed E-state index contributed by atoms with van der Waals surface area (Å²) in [5, 5.41) is 6.46. The number of nitrogens with one attached hydrogen (secondary N) is 1. The molecule has 0 spiro atoms. The molecule has 0 fully saturated rings. The number of aromatic nitrogens is 2. The van der Waals surface area contributed by atoms with Crippen molar-refractivity contribution in [1.82, 2.24) is 15.1 Å².